The van der Waals surface area contributed by atoms with Crippen LogP contribution in [-0.4, -0.2) is 18.1 Å². The van der Waals surface area contributed by atoms with E-state index < -0.39 is 0 Å². The number of anilines is 2. The molecular formula is C55H64N2. The number of nitrogens with zero attached hydrogens (tertiary/aromatic N) is 2. The molecule has 2 saturated carbocycles. The van der Waals surface area contributed by atoms with E-state index in [1.165, 1.54) is 93.2 Å². The second kappa shape index (κ2) is 15.2. The second-order valence-corrected chi connectivity index (χ2v) is 19.1. The van der Waals surface area contributed by atoms with Crippen molar-refractivity contribution in [1.82, 2.24) is 0 Å². The van der Waals surface area contributed by atoms with Gasteiger partial charge < -0.3 is 9.80 Å². The molecule has 2 nitrogen and oxygen atoms in total. The smallest absolute Gasteiger partial charge is 0.0532 e. The number of allylic oxidation sites excluding steroid dienone is 12. The number of rotatable bonds is 10. The Balaban J connectivity index is 1.13. The van der Waals surface area contributed by atoms with Gasteiger partial charge in [-0.25, -0.2) is 0 Å². The minimum Gasteiger partial charge on any atom is -0.363 e. The van der Waals surface area contributed by atoms with Crippen molar-refractivity contribution in [1.29, 1.82) is 0 Å². The third-order valence-corrected chi connectivity index (χ3v) is 16.0. The van der Waals surface area contributed by atoms with E-state index in [2.05, 4.69) is 120 Å². The lowest BCUT2D eigenvalue weighted by molar-refractivity contribution is 0.215. The normalized spacial score (nSPS) is 30.1. The Morgan fingerprint density at radius 1 is 0.842 bits per heavy atom. The lowest BCUT2D eigenvalue weighted by atomic mass is 9.64. The molecule has 8 aliphatic rings. The van der Waals surface area contributed by atoms with Gasteiger partial charge in [0, 0.05) is 47.5 Å². The highest BCUT2D eigenvalue weighted by molar-refractivity contribution is 5.91. The monoisotopic (exact) mass is 753 g/mol. The van der Waals surface area contributed by atoms with E-state index in [0.29, 0.717) is 29.7 Å². The Morgan fingerprint density at radius 3 is 2.61 bits per heavy atom. The Kier molecular flexibility index (Phi) is 9.88. The molecule has 8 aliphatic carbocycles. The second-order valence-electron chi connectivity index (χ2n) is 19.1. The van der Waals surface area contributed by atoms with E-state index >= 15 is 0 Å². The minimum atomic E-state index is -0.172. The van der Waals surface area contributed by atoms with Crippen LogP contribution < -0.4 is 9.80 Å². The molecule has 2 fully saturated rings. The maximum absolute atomic E-state index is 5.64. The number of unbranched alkanes of at least 4 members (excludes halogenated alkanes) is 3. The van der Waals surface area contributed by atoms with Gasteiger partial charge in [0.2, 0.25) is 0 Å². The van der Waals surface area contributed by atoms with E-state index in [-0.39, 0.29) is 11.0 Å². The summed E-state index contributed by atoms with van der Waals surface area (Å²) in [6.07, 6.45) is 49.6. The molecule has 0 aromatic heterocycles. The highest BCUT2D eigenvalue weighted by Gasteiger charge is 2.60. The predicted octanol–water partition coefficient (Wildman–Crippen LogP) is 13.8. The summed E-state index contributed by atoms with van der Waals surface area (Å²) in [6.45, 7) is 8.35. The van der Waals surface area contributed by atoms with Crippen LogP contribution in [-0.2, 0) is 5.41 Å². The molecule has 2 heteroatoms. The molecule has 2 aromatic carbocycles. The predicted molar refractivity (Wildman–Crippen MR) is 242 cm³/mol. The highest BCUT2D eigenvalue weighted by atomic mass is 15.2. The zero-order chi connectivity index (χ0) is 38.6. The maximum Gasteiger partial charge on any atom is 0.0532 e. The quantitative estimate of drug-likeness (QED) is 0.135. The number of fused-ring (bicyclic) bond motifs is 10. The fourth-order valence-corrected chi connectivity index (χ4v) is 13.5. The standard InChI is InChI=1S/C55H64N2/c1-4-5-6-7-16-36-56(41-22-10-8-11-23-41)42-32-33-45-44-25-18-27-48(44)55(51(45)38-42)49-26-13-12-24-46(49)53-50(55)28-19-29-52(53)57(54(3)34-14-9-15-35-54)43-31-30-40-21-17-20-39(2)47(40)37-43/h1,10,13,17-19,21-23,26-29,32-33,38,40,43,46-47,49H,2,5-9,11-12,14-16,20,24-25,30-31,34-37H2,3H3. The third kappa shape index (κ3) is 6.04. The Hall–Kier alpha value is -4.22. The molecule has 6 unspecified atom stereocenters. The summed E-state index contributed by atoms with van der Waals surface area (Å²) in [5.74, 6) is 5.07. The molecule has 0 amide bonds. The summed E-state index contributed by atoms with van der Waals surface area (Å²) in [5, 5.41) is 0. The molecule has 6 atom stereocenters. The first-order valence-corrected chi connectivity index (χ1v) is 23.1. The van der Waals surface area contributed by atoms with Crippen LogP contribution in [0.15, 0.2) is 115 Å². The van der Waals surface area contributed by atoms with Crippen molar-refractivity contribution in [3.63, 3.8) is 0 Å². The highest BCUT2D eigenvalue weighted by Crippen LogP contribution is 2.68. The van der Waals surface area contributed by atoms with E-state index in [9.17, 15) is 0 Å². The molecular weight excluding hydrogens is 689 g/mol. The van der Waals surface area contributed by atoms with Crippen LogP contribution in [0.25, 0.3) is 5.57 Å². The van der Waals surface area contributed by atoms with Crippen LogP contribution in [0.2, 0.25) is 0 Å². The maximum atomic E-state index is 5.64. The largest absolute Gasteiger partial charge is 0.363 e. The topological polar surface area (TPSA) is 6.48 Å². The van der Waals surface area contributed by atoms with Gasteiger partial charge in [-0.1, -0.05) is 105 Å². The first-order chi connectivity index (χ1) is 28.0. The van der Waals surface area contributed by atoms with Crippen LogP contribution in [0, 0.1) is 30.1 Å². The molecule has 0 saturated heterocycles. The molecule has 10 rings (SSSR count). The summed E-state index contributed by atoms with van der Waals surface area (Å²) in [6, 6.07) is 15.8. The first-order valence-electron chi connectivity index (χ1n) is 23.1. The van der Waals surface area contributed by atoms with Crippen molar-refractivity contribution in [2.45, 2.75) is 145 Å². The molecule has 2 aromatic rings. The van der Waals surface area contributed by atoms with E-state index in [1.54, 1.807) is 33.5 Å². The average molecular weight is 753 g/mol. The Bertz CT molecular complexity index is 2140. The minimum absolute atomic E-state index is 0.172. The van der Waals surface area contributed by atoms with Gasteiger partial charge in [0.25, 0.3) is 0 Å². The fraction of sp³-hybridized carbons (Fsp3) is 0.491. The number of terminal acetylenes is 1. The van der Waals surface area contributed by atoms with Crippen molar-refractivity contribution in [3.05, 3.63) is 137 Å². The average Bonchev–Trinajstić information content (AvgIpc) is 3.92. The summed E-state index contributed by atoms with van der Waals surface area (Å²) in [4.78, 5) is 5.73. The molecule has 0 aliphatic heterocycles. The van der Waals surface area contributed by atoms with Gasteiger partial charge in [-0.3, -0.25) is 0 Å². The van der Waals surface area contributed by atoms with Crippen molar-refractivity contribution < 1.29 is 0 Å². The van der Waals surface area contributed by atoms with Crippen LogP contribution >= 0.6 is 0 Å². The zero-order valence-electron chi connectivity index (χ0n) is 34.7. The summed E-state index contributed by atoms with van der Waals surface area (Å²) in [7, 11) is 0. The first kappa shape index (κ1) is 37.1. The molecule has 1 spiro atoms. The number of hydrogen-bond acceptors (Lipinski definition) is 2. The summed E-state index contributed by atoms with van der Waals surface area (Å²) in [5.41, 5.74) is 15.3. The Morgan fingerprint density at radius 2 is 1.75 bits per heavy atom. The van der Waals surface area contributed by atoms with Crippen molar-refractivity contribution in [2.75, 3.05) is 16.3 Å². The van der Waals surface area contributed by atoms with Crippen molar-refractivity contribution >= 4 is 16.9 Å². The van der Waals surface area contributed by atoms with Gasteiger partial charge >= 0.3 is 0 Å². The van der Waals surface area contributed by atoms with Gasteiger partial charge in [0.1, 0.15) is 0 Å². The van der Waals surface area contributed by atoms with Crippen LogP contribution in [0.1, 0.15) is 151 Å². The van der Waals surface area contributed by atoms with Gasteiger partial charge in [0.15, 0.2) is 0 Å². The SMILES string of the molecule is C#CCCCCCN(C1=CCCC=C1)c1ccc2c(c1)C1(C3=C2CC=C3)c2cccc(N(C3CCC4C=CCC(=C)C4C3)C3(C)CCCCC3)c2C2CCC=CC21. The summed E-state index contributed by atoms with van der Waals surface area (Å²) < 4.78 is 0. The molecule has 0 radical (unpaired) electrons. The van der Waals surface area contributed by atoms with Crippen LogP contribution in [0.5, 0.6) is 0 Å². The van der Waals surface area contributed by atoms with E-state index in [0.717, 1.165) is 51.5 Å². The van der Waals surface area contributed by atoms with Crippen molar-refractivity contribution in [2.24, 2.45) is 17.8 Å². The van der Waals surface area contributed by atoms with Gasteiger partial charge in [-0.2, -0.15) is 0 Å². The van der Waals surface area contributed by atoms with Crippen molar-refractivity contribution in [3.8, 4) is 12.3 Å². The van der Waals surface area contributed by atoms with E-state index in [4.69, 9.17) is 6.42 Å². The van der Waals surface area contributed by atoms with E-state index in [1.807, 2.05) is 0 Å². The van der Waals surface area contributed by atoms with Crippen LogP contribution in [0.3, 0.4) is 0 Å². The lowest BCUT2D eigenvalue weighted by Crippen LogP contribution is -2.55. The summed E-state index contributed by atoms with van der Waals surface area (Å²) >= 11 is 0. The zero-order valence-corrected chi connectivity index (χ0v) is 34.7. The van der Waals surface area contributed by atoms with Gasteiger partial charge in [0.05, 0.1) is 5.41 Å². The third-order valence-electron chi connectivity index (χ3n) is 16.0. The Labute approximate surface area is 344 Å². The molecule has 0 heterocycles. The number of hydrogen-bond donors (Lipinski definition) is 0. The molecule has 0 N–H and O–H groups in total. The van der Waals surface area contributed by atoms with Crippen LogP contribution in [0.4, 0.5) is 11.4 Å². The molecule has 294 valence electrons. The number of benzene rings is 2. The van der Waals surface area contributed by atoms with Gasteiger partial charge in [-0.05, 0) is 166 Å². The lowest BCUT2D eigenvalue weighted by Gasteiger charge is -2.53. The fourth-order valence-electron chi connectivity index (χ4n) is 13.5. The molecule has 0 bridgehead atoms. The van der Waals surface area contributed by atoms with Gasteiger partial charge in [-0.15, -0.1) is 12.3 Å². The molecule has 57 heavy (non-hydrogen) atoms.